The van der Waals surface area contributed by atoms with Gasteiger partial charge in [0.15, 0.2) is 5.65 Å². The van der Waals surface area contributed by atoms with Crippen LogP contribution in [0.25, 0.3) is 5.65 Å². The summed E-state index contributed by atoms with van der Waals surface area (Å²) in [5, 5.41) is 16.7. The summed E-state index contributed by atoms with van der Waals surface area (Å²) >= 11 is 0. The number of nitrogens with one attached hydrogen (secondary N) is 1. The molecule has 1 amide bonds. The van der Waals surface area contributed by atoms with E-state index in [1.54, 1.807) is 11.6 Å². The van der Waals surface area contributed by atoms with E-state index in [1.807, 2.05) is 32.0 Å². The number of hydrogen-bond acceptors (Lipinski definition) is 6. The number of aryl methyl sites for hydroxylation is 2. The van der Waals surface area contributed by atoms with Crippen molar-refractivity contribution in [2.75, 3.05) is 26.7 Å². The van der Waals surface area contributed by atoms with Crippen molar-refractivity contribution in [3.05, 3.63) is 58.5 Å². The van der Waals surface area contributed by atoms with E-state index in [9.17, 15) is 10.1 Å². The van der Waals surface area contributed by atoms with Crippen LogP contribution in [0.15, 0.2) is 30.5 Å². The molecular weight excluding hydrogens is 416 g/mol. The van der Waals surface area contributed by atoms with Crippen LogP contribution in [0.3, 0.4) is 0 Å². The number of aromatic nitrogens is 3. The van der Waals surface area contributed by atoms with Gasteiger partial charge in [0.05, 0.1) is 19.3 Å². The summed E-state index contributed by atoms with van der Waals surface area (Å²) in [4.78, 5) is 19.8. The lowest BCUT2D eigenvalue weighted by atomic mass is 10.0. The summed E-state index contributed by atoms with van der Waals surface area (Å²) in [6.07, 6.45) is 4.81. The molecule has 0 aliphatic carbocycles. The molecule has 1 unspecified atom stereocenters. The Morgan fingerprint density at radius 2 is 2.03 bits per heavy atom. The molecule has 4 rings (SSSR count). The molecule has 0 radical (unpaired) electrons. The van der Waals surface area contributed by atoms with Crippen molar-refractivity contribution in [2.24, 2.45) is 0 Å². The molecule has 33 heavy (non-hydrogen) atoms. The Hall–Kier alpha value is -3.44. The fourth-order valence-electron chi connectivity index (χ4n) is 4.72. The molecule has 0 saturated carbocycles. The molecule has 3 heterocycles. The summed E-state index contributed by atoms with van der Waals surface area (Å²) in [6.45, 7) is 6.46. The van der Waals surface area contributed by atoms with Crippen LogP contribution in [0.5, 0.6) is 5.75 Å². The third kappa shape index (κ3) is 4.69. The number of rotatable bonds is 8. The lowest BCUT2D eigenvalue weighted by Crippen LogP contribution is -2.37. The van der Waals surface area contributed by atoms with Crippen LogP contribution >= 0.6 is 0 Å². The monoisotopic (exact) mass is 446 g/mol. The van der Waals surface area contributed by atoms with E-state index >= 15 is 0 Å². The Kier molecular flexibility index (Phi) is 6.90. The molecule has 1 aromatic carbocycles. The first kappa shape index (κ1) is 22.7. The lowest BCUT2D eigenvalue weighted by molar-refractivity contribution is -0.121. The highest BCUT2D eigenvalue weighted by Crippen LogP contribution is 2.31. The van der Waals surface area contributed by atoms with Crippen LogP contribution in [0.1, 0.15) is 53.4 Å². The number of carbonyl (C=O) groups excluding carboxylic acids is 1. The van der Waals surface area contributed by atoms with Crippen LogP contribution in [0.4, 0.5) is 0 Å². The molecule has 3 aromatic rings. The minimum Gasteiger partial charge on any atom is -0.496 e. The number of likely N-dealkylation sites (tertiary alicyclic amines) is 1. The molecule has 8 nitrogen and oxygen atoms in total. The molecule has 1 N–H and O–H groups in total. The van der Waals surface area contributed by atoms with Crippen LogP contribution in [0, 0.1) is 25.2 Å². The van der Waals surface area contributed by atoms with E-state index in [1.165, 1.54) is 19.0 Å². The SMILES string of the molecule is COc1ccccc1C(CNC(=O)CCc1c(C)nc2c(C#N)cnn2c1C)N1CCCC1. The average Bonchev–Trinajstić information content (AvgIpc) is 3.49. The fraction of sp³-hybridized carbons (Fsp3) is 0.440. The van der Waals surface area contributed by atoms with Crippen molar-refractivity contribution in [1.82, 2.24) is 24.8 Å². The number of para-hydroxylation sites is 1. The zero-order valence-corrected chi connectivity index (χ0v) is 19.5. The molecule has 1 fully saturated rings. The molecule has 1 aliphatic rings. The number of methoxy groups -OCH3 is 1. The van der Waals surface area contributed by atoms with Gasteiger partial charge in [0.25, 0.3) is 0 Å². The minimum absolute atomic E-state index is 0.00571. The summed E-state index contributed by atoms with van der Waals surface area (Å²) in [5.41, 5.74) is 4.85. The van der Waals surface area contributed by atoms with E-state index in [-0.39, 0.29) is 11.9 Å². The molecule has 172 valence electrons. The first-order valence-electron chi connectivity index (χ1n) is 11.4. The number of fused-ring (bicyclic) bond motifs is 1. The highest BCUT2D eigenvalue weighted by atomic mass is 16.5. The fourth-order valence-corrected chi connectivity index (χ4v) is 4.72. The van der Waals surface area contributed by atoms with Crippen molar-refractivity contribution in [3.8, 4) is 11.8 Å². The second-order valence-corrected chi connectivity index (χ2v) is 8.47. The predicted molar refractivity (Wildman–Crippen MR) is 125 cm³/mol. The molecule has 1 saturated heterocycles. The van der Waals surface area contributed by atoms with Crippen LogP contribution < -0.4 is 10.1 Å². The van der Waals surface area contributed by atoms with E-state index in [2.05, 4.69) is 32.4 Å². The van der Waals surface area contributed by atoms with Gasteiger partial charge >= 0.3 is 0 Å². The van der Waals surface area contributed by atoms with Crippen LogP contribution in [0.2, 0.25) is 0 Å². The number of ether oxygens (including phenoxy) is 1. The van der Waals surface area contributed by atoms with Crippen molar-refractivity contribution >= 4 is 11.6 Å². The molecule has 1 atom stereocenters. The van der Waals surface area contributed by atoms with Gasteiger partial charge in [0, 0.05) is 29.9 Å². The zero-order valence-electron chi connectivity index (χ0n) is 19.5. The number of amides is 1. The molecular formula is C25H30N6O2. The third-order valence-corrected chi connectivity index (χ3v) is 6.50. The van der Waals surface area contributed by atoms with Crippen molar-refractivity contribution in [3.63, 3.8) is 0 Å². The average molecular weight is 447 g/mol. The third-order valence-electron chi connectivity index (χ3n) is 6.50. The number of benzene rings is 1. The Morgan fingerprint density at radius 3 is 2.76 bits per heavy atom. The van der Waals surface area contributed by atoms with Gasteiger partial charge in [-0.15, -0.1) is 0 Å². The smallest absolute Gasteiger partial charge is 0.220 e. The van der Waals surface area contributed by atoms with Gasteiger partial charge in [-0.05, 0) is 57.8 Å². The number of carbonyl (C=O) groups is 1. The van der Waals surface area contributed by atoms with E-state index < -0.39 is 0 Å². The van der Waals surface area contributed by atoms with Crippen LogP contribution in [-0.4, -0.2) is 52.1 Å². The second-order valence-electron chi connectivity index (χ2n) is 8.47. The Labute approximate surface area is 194 Å². The summed E-state index contributed by atoms with van der Waals surface area (Å²) in [6, 6.07) is 10.3. The van der Waals surface area contributed by atoms with Gasteiger partial charge in [-0.3, -0.25) is 9.69 Å². The predicted octanol–water partition coefficient (Wildman–Crippen LogP) is 3.11. The molecule has 0 spiro atoms. The van der Waals surface area contributed by atoms with Gasteiger partial charge in [-0.2, -0.15) is 10.4 Å². The highest BCUT2D eigenvalue weighted by molar-refractivity contribution is 5.76. The first-order chi connectivity index (χ1) is 16.0. The largest absolute Gasteiger partial charge is 0.496 e. The number of hydrogen-bond donors (Lipinski definition) is 1. The maximum absolute atomic E-state index is 12.8. The van der Waals surface area contributed by atoms with Gasteiger partial charge in [-0.1, -0.05) is 18.2 Å². The standard InChI is InChI=1S/C25H30N6O2/c1-17-20(18(2)31-25(29-17)19(14-26)15-28-31)10-11-24(32)27-16-22(30-12-6-7-13-30)21-8-4-5-9-23(21)33-3/h4-5,8-9,15,22H,6-7,10-13,16H2,1-3H3,(H,27,32). The normalized spacial score (nSPS) is 14.8. The van der Waals surface area contributed by atoms with Crippen molar-refractivity contribution in [2.45, 2.75) is 45.6 Å². The van der Waals surface area contributed by atoms with Crippen LogP contribution in [-0.2, 0) is 11.2 Å². The quantitative estimate of drug-likeness (QED) is 0.571. The maximum atomic E-state index is 12.8. The second kappa shape index (κ2) is 10.0. The summed E-state index contributed by atoms with van der Waals surface area (Å²) in [5.74, 6) is 0.858. The summed E-state index contributed by atoms with van der Waals surface area (Å²) < 4.78 is 7.28. The first-order valence-corrected chi connectivity index (χ1v) is 11.4. The number of nitrogens with zero attached hydrogens (tertiary/aromatic N) is 5. The highest BCUT2D eigenvalue weighted by Gasteiger charge is 2.26. The van der Waals surface area contributed by atoms with Gasteiger partial charge in [0.2, 0.25) is 5.91 Å². The van der Waals surface area contributed by atoms with Crippen molar-refractivity contribution in [1.29, 1.82) is 5.26 Å². The van der Waals surface area contributed by atoms with Crippen molar-refractivity contribution < 1.29 is 9.53 Å². The van der Waals surface area contributed by atoms with E-state index in [4.69, 9.17) is 4.74 Å². The molecule has 2 aromatic heterocycles. The number of nitriles is 1. The Balaban J connectivity index is 1.44. The topological polar surface area (TPSA) is 95.5 Å². The summed E-state index contributed by atoms with van der Waals surface area (Å²) in [7, 11) is 1.69. The Bertz CT molecular complexity index is 1190. The van der Waals surface area contributed by atoms with Gasteiger partial charge in [0.1, 0.15) is 17.4 Å². The maximum Gasteiger partial charge on any atom is 0.220 e. The molecule has 1 aliphatic heterocycles. The van der Waals surface area contributed by atoms with E-state index in [0.29, 0.717) is 30.6 Å². The molecule has 8 heteroatoms. The Morgan fingerprint density at radius 1 is 1.27 bits per heavy atom. The van der Waals surface area contributed by atoms with Gasteiger partial charge < -0.3 is 10.1 Å². The van der Waals surface area contributed by atoms with Gasteiger partial charge in [-0.25, -0.2) is 9.50 Å². The molecule has 0 bridgehead atoms. The lowest BCUT2D eigenvalue weighted by Gasteiger charge is -2.29. The zero-order chi connectivity index (χ0) is 23.4. The van der Waals surface area contributed by atoms with E-state index in [0.717, 1.165) is 41.4 Å². The minimum atomic E-state index is 0.00571.